The number of rotatable bonds is 2. The molecule has 0 unspecified atom stereocenters. The van der Waals surface area contributed by atoms with E-state index in [0.717, 1.165) is 0 Å². The second-order valence-electron chi connectivity index (χ2n) is 6.01. The van der Waals surface area contributed by atoms with Gasteiger partial charge in [-0.15, -0.1) is 0 Å². The van der Waals surface area contributed by atoms with Crippen LogP contribution in [0.1, 0.15) is 53.4 Å². The smallest absolute Gasteiger partial charge is 0.400 e. The standard InChI is InChI=1S/C14H23BO2/c1-13(2)14(3,4)17-15(16-13)11-10-12-8-6-5-7-9-12/h8,10-11H,5-7,9H2,1-4H3. The van der Waals surface area contributed by atoms with E-state index in [1.165, 1.54) is 31.3 Å². The molecule has 1 saturated heterocycles. The largest absolute Gasteiger partial charge is 0.487 e. The molecule has 1 aliphatic heterocycles. The van der Waals surface area contributed by atoms with Gasteiger partial charge in [0.15, 0.2) is 0 Å². The summed E-state index contributed by atoms with van der Waals surface area (Å²) in [6.07, 6.45) is 9.53. The fourth-order valence-electron chi connectivity index (χ4n) is 2.18. The van der Waals surface area contributed by atoms with Gasteiger partial charge in [0.05, 0.1) is 11.2 Å². The lowest BCUT2D eigenvalue weighted by atomic mass is 9.87. The summed E-state index contributed by atoms with van der Waals surface area (Å²) in [5, 5.41) is 0. The molecule has 2 nitrogen and oxygen atoms in total. The molecule has 1 heterocycles. The predicted octanol–water partition coefficient (Wildman–Crippen LogP) is 3.67. The van der Waals surface area contributed by atoms with Gasteiger partial charge in [-0.05, 0) is 53.4 Å². The van der Waals surface area contributed by atoms with Gasteiger partial charge >= 0.3 is 7.12 Å². The van der Waals surface area contributed by atoms with Crippen molar-refractivity contribution in [1.29, 1.82) is 0 Å². The van der Waals surface area contributed by atoms with Crippen molar-refractivity contribution in [3.8, 4) is 0 Å². The molecule has 0 aromatic heterocycles. The molecular weight excluding hydrogens is 211 g/mol. The molecule has 0 aromatic rings. The van der Waals surface area contributed by atoms with Gasteiger partial charge in [0.25, 0.3) is 0 Å². The van der Waals surface area contributed by atoms with Crippen LogP contribution in [-0.4, -0.2) is 18.3 Å². The van der Waals surface area contributed by atoms with E-state index in [0.29, 0.717) is 0 Å². The van der Waals surface area contributed by atoms with Gasteiger partial charge in [0.1, 0.15) is 0 Å². The summed E-state index contributed by atoms with van der Waals surface area (Å²) < 4.78 is 11.8. The first-order chi connectivity index (χ1) is 7.91. The summed E-state index contributed by atoms with van der Waals surface area (Å²) in [5.74, 6) is 2.05. The summed E-state index contributed by atoms with van der Waals surface area (Å²) >= 11 is 0. The third-order valence-corrected chi connectivity index (χ3v) is 4.07. The van der Waals surface area contributed by atoms with Crippen LogP contribution >= 0.6 is 0 Å². The SMILES string of the molecule is CC1(C)OB(C=CC2=CCCCC2)OC1(C)C. The van der Waals surface area contributed by atoms with Crippen LogP contribution in [0.25, 0.3) is 0 Å². The molecule has 1 fully saturated rings. The fourth-order valence-corrected chi connectivity index (χ4v) is 2.18. The topological polar surface area (TPSA) is 18.5 Å². The van der Waals surface area contributed by atoms with Crippen LogP contribution in [0.2, 0.25) is 0 Å². The monoisotopic (exact) mass is 234 g/mol. The Hall–Kier alpha value is -0.535. The van der Waals surface area contributed by atoms with E-state index < -0.39 is 0 Å². The Morgan fingerprint density at radius 2 is 1.76 bits per heavy atom. The molecule has 3 heteroatoms. The fraction of sp³-hybridized carbons (Fsp3) is 0.714. The van der Waals surface area contributed by atoms with E-state index in [4.69, 9.17) is 9.31 Å². The summed E-state index contributed by atoms with van der Waals surface area (Å²) in [6, 6.07) is 0. The Bertz CT molecular complexity index is 326. The Labute approximate surface area is 105 Å². The molecule has 94 valence electrons. The number of hydrogen-bond acceptors (Lipinski definition) is 2. The Morgan fingerprint density at radius 1 is 1.12 bits per heavy atom. The molecular formula is C14H23BO2. The molecule has 2 rings (SSSR count). The molecule has 0 aromatic carbocycles. The van der Waals surface area contributed by atoms with E-state index in [9.17, 15) is 0 Å². The summed E-state index contributed by atoms with van der Waals surface area (Å²) in [7, 11) is -0.206. The molecule has 0 amide bonds. The summed E-state index contributed by atoms with van der Waals surface area (Å²) in [5.41, 5.74) is 0.956. The zero-order valence-corrected chi connectivity index (χ0v) is 11.5. The zero-order chi connectivity index (χ0) is 12.5. The second-order valence-corrected chi connectivity index (χ2v) is 6.01. The number of allylic oxidation sites excluding steroid dienone is 3. The van der Waals surface area contributed by atoms with Crippen LogP contribution < -0.4 is 0 Å². The average molecular weight is 234 g/mol. The van der Waals surface area contributed by atoms with Crippen LogP contribution in [0.4, 0.5) is 0 Å². The molecule has 1 aliphatic carbocycles. The molecule has 0 radical (unpaired) electrons. The predicted molar refractivity (Wildman–Crippen MR) is 71.8 cm³/mol. The van der Waals surface area contributed by atoms with Crippen LogP contribution in [0, 0.1) is 0 Å². The lowest BCUT2D eigenvalue weighted by Gasteiger charge is -2.32. The highest BCUT2D eigenvalue weighted by Gasteiger charge is 2.49. The Kier molecular flexibility index (Phi) is 3.51. The van der Waals surface area contributed by atoms with E-state index in [1.54, 1.807) is 0 Å². The average Bonchev–Trinajstić information content (AvgIpc) is 2.46. The van der Waals surface area contributed by atoms with Crippen molar-refractivity contribution in [2.45, 2.75) is 64.6 Å². The highest BCUT2D eigenvalue weighted by Crippen LogP contribution is 2.37. The minimum atomic E-state index is -0.233. The molecule has 0 bridgehead atoms. The molecule has 0 atom stereocenters. The van der Waals surface area contributed by atoms with Crippen molar-refractivity contribution in [3.05, 3.63) is 23.7 Å². The summed E-state index contributed by atoms with van der Waals surface area (Å²) in [4.78, 5) is 0. The molecule has 0 N–H and O–H groups in total. The Morgan fingerprint density at radius 3 is 2.29 bits per heavy atom. The van der Waals surface area contributed by atoms with Gasteiger partial charge in [-0.2, -0.15) is 0 Å². The first kappa shape index (κ1) is 12.9. The maximum Gasteiger partial charge on any atom is 0.487 e. The minimum Gasteiger partial charge on any atom is -0.400 e. The van der Waals surface area contributed by atoms with Gasteiger partial charge in [0.2, 0.25) is 0 Å². The van der Waals surface area contributed by atoms with Crippen molar-refractivity contribution in [1.82, 2.24) is 0 Å². The van der Waals surface area contributed by atoms with Crippen molar-refractivity contribution < 1.29 is 9.31 Å². The van der Waals surface area contributed by atoms with Gasteiger partial charge in [0, 0.05) is 0 Å². The van der Waals surface area contributed by atoms with Gasteiger partial charge in [-0.25, -0.2) is 0 Å². The zero-order valence-electron chi connectivity index (χ0n) is 11.5. The highest BCUT2D eigenvalue weighted by molar-refractivity contribution is 6.51. The van der Waals surface area contributed by atoms with Crippen molar-refractivity contribution in [2.75, 3.05) is 0 Å². The van der Waals surface area contributed by atoms with Gasteiger partial charge in [-0.1, -0.05) is 23.7 Å². The quantitative estimate of drug-likeness (QED) is 0.678. The maximum atomic E-state index is 5.92. The van der Waals surface area contributed by atoms with E-state index >= 15 is 0 Å². The lowest BCUT2D eigenvalue weighted by Crippen LogP contribution is -2.41. The van der Waals surface area contributed by atoms with Gasteiger partial charge in [-0.3, -0.25) is 0 Å². The van der Waals surface area contributed by atoms with Gasteiger partial charge < -0.3 is 9.31 Å². The van der Waals surface area contributed by atoms with E-state index in [-0.39, 0.29) is 18.3 Å². The summed E-state index contributed by atoms with van der Waals surface area (Å²) in [6.45, 7) is 8.34. The van der Waals surface area contributed by atoms with Crippen LogP contribution in [0.5, 0.6) is 0 Å². The highest BCUT2D eigenvalue weighted by atomic mass is 16.7. The third-order valence-electron chi connectivity index (χ3n) is 4.07. The van der Waals surface area contributed by atoms with Crippen LogP contribution in [0.15, 0.2) is 23.7 Å². The van der Waals surface area contributed by atoms with Crippen molar-refractivity contribution in [3.63, 3.8) is 0 Å². The maximum absolute atomic E-state index is 5.92. The molecule has 2 aliphatic rings. The lowest BCUT2D eigenvalue weighted by molar-refractivity contribution is 0.00578. The Balaban J connectivity index is 1.97. The van der Waals surface area contributed by atoms with E-state index in [2.05, 4.69) is 39.8 Å². The van der Waals surface area contributed by atoms with Crippen molar-refractivity contribution >= 4 is 7.12 Å². The van der Waals surface area contributed by atoms with Crippen LogP contribution in [-0.2, 0) is 9.31 Å². The number of hydrogen-bond donors (Lipinski definition) is 0. The molecule has 17 heavy (non-hydrogen) atoms. The second kappa shape index (κ2) is 4.62. The van der Waals surface area contributed by atoms with E-state index in [1.807, 2.05) is 5.98 Å². The first-order valence-electron chi connectivity index (χ1n) is 6.64. The normalized spacial score (nSPS) is 27.5. The first-order valence-corrected chi connectivity index (χ1v) is 6.64. The molecule has 0 saturated carbocycles. The minimum absolute atomic E-state index is 0.206. The third kappa shape index (κ3) is 2.83. The molecule has 0 spiro atoms. The van der Waals surface area contributed by atoms with Crippen LogP contribution in [0.3, 0.4) is 0 Å². The van der Waals surface area contributed by atoms with Crippen molar-refractivity contribution in [2.24, 2.45) is 0 Å².